The summed E-state index contributed by atoms with van der Waals surface area (Å²) in [6, 6.07) is 0. The van der Waals surface area contributed by atoms with Crippen LogP contribution in [0.4, 0.5) is 0 Å². The van der Waals surface area contributed by atoms with E-state index in [1.807, 2.05) is 18.9 Å². The Bertz CT molecular complexity index is 114. The van der Waals surface area contributed by atoms with Crippen LogP contribution in [-0.4, -0.2) is 36.1 Å². The van der Waals surface area contributed by atoms with E-state index >= 15 is 0 Å². The van der Waals surface area contributed by atoms with Gasteiger partial charge in [0.1, 0.15) is 0 Å². The summed E-state index contributed by atoms with van der Waals surface area (Å²) < 4.78 is 0. The van der Waals surface area contributed by atoms with Gasteiger partial charge in [-0.3, -0.25) is 4.79 Å². The third-order valence-electron chi connectivity index (χ3n) is 1.55. The predicted octanol–water partition coefficient (Wildman–Crippen LogP) is 0.659. The second-order valence-corrected chi connectivity index (χ2v) is 2.59. The highest BCUT2D eigenvalue weighted by Crippen LogP contribution is 1.96. The molecular formula is C7H15NO2. The normalized spacial score (nSPS) is 13.6. The zero-order valence-electron chi connectivity index (χ0n) is 6.79. The topological polar surface area (TPSA) is 40.5 Å². The monoisotopic (exact) mass is 145 g/mol. The van der Waals surface area contributed by atoms with Crippen molar-refractivity contribution in [1.82, 2.24) is 4.90 Å². The first kappa shape index (κ1) is 9.43. The van der Waals surface area contributed by atoms with Crippen molar-refractivity contribution < 1.29 is 9.90 Å². The van der Waals surface area contributed by atoms with Crippen LogP contribution in [0.3, 0.4) is 0 Å². The molecule has 0 unspecified atom stereocenters. The highest BCUT2D eigenvalue weighted by Gasteiger charge is 2.11. The summed E-state index contributed by atoms with van der Waals surface area (Å²) in [5.41, 5.74) is 0. The second-order valence-electron chi connectivity index (χ2n) is 2.59. The fourth-order valence-corrected chi connectivity index (χ4v) is 0.675. The molecule has 0 aliphatic rings. The van der Waals surface area contributed by atoms with Crippen LogP contribution in [0.15, 0.2) is 0 Å². The molecule has 0 aromatic carbocycles. The molecule has 0 saturated heterocycles. The summed E-state index contributed by atoms with van der Waals surface area (Å²) in [6.45, 7) is 5.26. The molecule has 3 nitrogen and oxygen atoms in total. The number of aliphatic carboxylic acids is 1. The van der Waals surface area contributed by atoms with Gasteiger partial charge in [0.15, 0.2) is 0 Å². The fourth-order valence-electron chi connectivity index (χ4n) is 0.675. The second kappa shape index (κ2) is 4.28. The summed E-state index contributed by atoms with van der Waals surface area (Å²) in [4.78, 5) is 12.3. The van der Waals surface area contributed by atoms with Crippen molar-refractivity contribution in [3.63, 3.8) is 0 Å². The van der Waals surface area contributed by atoms with Crippen LogP contribution in [0.5, 0.6) is 0 Å². The molecule has 0 fully saturated rings. The third-order valence-corrected chi connectivity index (χ3v) is 1.55. The van der Waals surface area contributed by atoms with Gasteiger partial charge in [-0.1, -0.05) is 13.8 Å². The van der Waals surface area contributed by atoms with E-state index in [1.165, 1.54) is 0 Å². The molecule has 60 valence electrons. The van der Waals surface area contributed by atoms with Crippen molar-refractivity contribution in [2.24, 2.45) is 5.92 Å². The van der Waals surface area contributed by atoms with Crippen LogP contribution < -0.4 is 0 Å². The van der Waals surface area contributed by atoms with Crippen molar-refractivity contribution >= 4 is 5.97 Å². The molecule has 0 saturated carbocycles. The Balaban J connectivity index is 3.56. The first-order valence-corrected chi connectivity index (χ1v) is 3.49. The average Bonchev–Trinajstić information content (AvgIpc) is 1.87. The van der Waals surface area contributed by atoms with Crippen LogP contribution in [0.2, 0.25) is 0 Å². The molecule has 10 heavy (non-hydrogen) atoms. The van der Waals surface area contributed by atoms with E-state index in [9.17, 15) is 4.79 Å². The van der Waals surface area contributed by atoms with Crippen molar-refractivity contribution in [1.29, 1.82) is 0 Å². The van der Waals surface area contributed by atoms with Gasteiger partial charge in [-0.05, 0) is 13.6 Å². The zero-order valence-corrected chi connectivity index (χ0v) is 6.79. The molecule has 0 bridgehead atoms. The molecular weight excluding hydrogens is 130 g/mol. The number of carboxylic acids is 1. The van der Waals surface area contributed by atoms with Crippen molar-refractivity contribution in [3.05, 3.63) is 0 Å². The van der Waals surface area contributed by atoms with E-state index in [-0.39, 0.29) is 5.92 Å². The Morgan fingerprint density at radius 2 is 2.20 bits per heavy atom. The first-order valence-electron chi connectivity index (χ1n) is 3.49. The minimum absolute atomic E-state index is 0.259. The molecule has 0 heterocycles. The third kappa shape index (κ3) is 3.45. The van der Waals surface area contributed by atoms with Crippen LogP contribution in [0.1, 0.15) is 13.8 Å². The number of carboxylic acid groups (broad SMARTS) is 1. The summed E-state index contributed by atoms with van der Waals surface area (Å²) >= 11 is 0. The van der Waals surface area contributed by atoms with Gasteiger partial charge >= 0.3 is 5.97 Å². The molecule has 0 rings (SSSR count). The predicted molar refractivity (Wildman–Crippen MR) is 40.0 cm³/mol. The summed E-state index contributed by atoms with van der Waals surface area (Å²) in [6.07, 6.45) is 0. The smallest absolute Gasteiger partial charge is 0.307 e. The number of nitrogens with zero attached hydrogens (tertiary/aromatic N) is 1. The van der Waals surface area contributed by atoms with Gasteiger partial charge in [0.2, 0.25) is 0 Å². The number of carbonyl (C=O) groups is 1. The van der Waals surface area contributed by atoms with E-state index in [4.69, 9.17) is 5.11 Å². The van der Waals surface area contributed by atoms with Crippen LogP contribution in [0, 0.1) is 5.92 Å². The lowest BCUT2D eigenvalue weighted by molar-refractivity contribution is -0.141. The summed E-state index contributed by atoms with van der Waals surface area (Å²) in [5.74, 6) is -0.981. The first-order chi connectivity index (χ1) is 4.57. The molecule has 0 aliphatic carbocycles. The Kier molecular flexibility index (Phi) is 4.03. The minimum Gasteiger partial charge on any atom is -0.481 e. The molecule has 3 heteroatoms. The van der Waals surface area contributed by atoms with E-state index < -0.39 is 5.97 Å². The highest BCUT2D eigenvalue weighted by molar-refractivity contribution is 5.69. The summed E-state index contributed by atoms with van der Waals surface area (Å²) in [7, 11) is 1.92. The quantitative estimate of drug-likeness (QED) is 0.631. The van der Waals surface area contributed by atoms with Crippen molar-refractivity contribution in [2.75, 3.05) is 20.1 Å². The maximum absolute atomic E-state index is 10.3. The maximum Gasteiger partial charge on any atom is 0.307 e. The number of hydrogen-bond donors (Lipinski definition) is 1. The SMILES string of the molecule is CCN(C)C[C@H](C)C(=O)O. The molecule has 0 aliphatic heterocycles. The zero-order chi connectivity index (χ0) is 8.15. The molecule has 0 aromatic heterocycles. The number of rotatable bonds is 4. The average molecular weight is 145 g/mol. The highest BCUT2D eigenvalue weighted by atomic mass is 16.4. The number of hydrogen-bond acceptors (Lipinski definition) is 2. The van der Waals surface area contributed by atoms with Gasteiger partial charge in [-0.15, -0.1) is 0 Å². The van der Waals surface area contributed by atoms with Gasteiger partial charge in [0, 0.05) is 6.54 Å². The van der Waals surface area contributed by atoms with Crippen LogP contribution in [-0.2, 0) is 4.79 Å². The fraction of sp³-hybridized carbons (Fsp3) is 0.857. The molecule has 0 spiro atoms. The van der Waals surface area contributed by atoms with Gasteiger partial charge in [-0.25, -0.2) is 0 Å². The Labute approximate surface area is 61.6 Å². The van der Waals surface area contributed by atoms with E-state index in [2.05, 4.69) is 0 Å². The Morgan fingerprint density at radius 3 is 2.50 bits per heavy atom. The molecule has 0 aromatic rings. The lowest BCUT2D eigenvalue weighted by Gasteiger charge is -2.15. The van der Waals surface area contributed by atoms with Crippen LogP contribution in [0.25, 0.3) is 0 Å². The standard InChI is InChI=1S/C7H15NO2/c1-4-8(3)5-6(2)7(9)10/h6H,4-5H2,1-3H3,(H,9,10)/t6-/m0/s1. The lowest BCUT2D eigenvalue weighted by Crippen LogP contribution is -2.28. The Morgan fingerprint density at radius 1 is 1.70 bits per heavy atom. The van der Waals surface area contributed by atoms with Crippen LogP contribution >= 0.6 is 0 Å². The molecule has 1 N–H and O–H groups in total. The minimum atomic E-state index is -0.722. The van der Waals surface area contributed by atoms with E-state index in [0.717, 1.165) is 6.54 Å². The van der Waals surface area contributed by atoms with Crippen molar-refractivity contribution in [2.45, 2.75) is 13.8 Å². The van der Waals surface area contributed by atoms with Gasteiger partial charge in [-0.2, -0.15) is 0 Å². The maximum atomic E-state index is 10.3. The largest absolute Gasteiger partial charge is 0.481 e. The van der Waals surface area contributed by atoms with Gasteiger partial charge < -0.3 is 10.0 Å². The van der Waals surface area contributed by atoms with E-state index in [0.29, 0.717) is 6.54 Å². The van der Waals surface area contributed by atoms with Gasteiger partial charge in [0.05, 0.1) is 5.92 Å². The van der Waals surface area contributed by atoms with Gasteiger partial charge in [0.25, 0.3) is 0 Å². The molecule has 1 atom stereocenters. The molecule has 0 amide bonds. The Hall–Kier alpha value is -0.570. The van der Waals surface area contributed by atoms with Crippen molar-refractivity contribution in [3.8, 4) is 0 Å². The summed E-state index contributed by atoms with van der Waals surface area (Å²) in [5, 5.41) is 8.50. The lowest BCUT2D eigenvalue weighted by atomic mass is 10.2. The molecule has 0 radical (unpaired) electrons. The van der Waals surface area contributed by atoms with E-state index in [1.54, 1.807) is 6.92 Å².